The van der Waals surface area contributed by atoms with Gasteiger partial charge in [0.25, 0.3) is 11.8 Å². The van der Waals surface area contributed by atoms with Gasteiger partial charge in [-0.05, 0) is 60.9 Å². The summed E-state index contributed by atoms with van der Waals surface area (Å²) in [5.41, 5.74) is 5.07. The minimum atomic E-state index is -0.185. The Labute approximate surface area is 158 Å². The molecule has 1 heterocycles. The van der Waals surface area contributed by atoms with Crippen LogP contribution in [0.25, 0.3) is 0 Å². The predicted octanol–water partition coefficient (Wildman–Crippen LogP) is 4.45. The van der Waals surface area contributed by atoms with Gasteiger partial charge in [0.2, 0.25) is 0 Å². The SMILES string of the molecule is Cc1ccccc1NC(=O)c1ccc(C(=O)N2CCc3ccccc32)cc1. The van der Waals surface area contributed by atoms with Crippen molar-refractivity contribution in [2.45, 2.75) is 13.3 Å². The van der Waals surface area contributed by atoms with E-state index in [2.05, 4.69) is 11.4 Å². The third-order valence-corrected chi connectivity index (χ3v) is 4.92. The molecular weight excluding hydrogens is 336 g/mol. The number of anilines is 2. The van der Waals surface area contributed by atoms with Crippen molar-refractivity contribution in [3.05, 3.63) is 95.1 Å². The van der Waals surface area contributed by atoms with E-state index in [0.717, 1.165) is 23.4 Å². The minimum Gasteiger partial charge on any atom is -0.322 e. The second-order valence-electron chi connectivity index (χ2n) is 6.68. The van der Waals surface area contributed by atoms with Gasteiger partial charge in [0.1, 0.15) is 0 Å². The Morgan fingerprint density at radius 1 is 0.852 bits per heavy atom. The topological polar surface area (TPSA) is 49.4 Å². The molecule has 1 N–H and O–H groups in total. The van der Waals surface area contributed by atoms with Crippen LogP contribution in [0.3, 0.4) is 0 Å². The Balaban J connectivity index is 1.50. The lowest BCUT2D eigenvalue weighted by Crippen LogP contribution is -2.28. The van der Waals surface area contributed by atoms with E-state index in [4.69, 9.17) is 0 Å². The number of nitrogens with zero attached hydrogens (tertiary/aromatic N) is 1. The zero-order valence-corrected chi connectivity index (χ0v) is 15.1. The number of benzene rings is 3. The molecule has 0 fully saturated rings. The summed E-state index contributed by atoms with van der Waals surface area (Å²) >= 11 is 0. The molecule has 0 spiro atoms. The molecule has 0 aromatic heterocycles. The van der Waals surface area contributed by atoms with Gasteiger partial charge in [0, 0.05) is 29.0 Å². The highest BCUT2D eigenvalue weighted by Gasteiger charge is 2.25. The summed E-state index contributed by atoms with van der Waals surface area (Å²) < 4.78 is 0. The number of nitrogens with one attached hydrogen (secondary N) is 1. The van der Waals surface area contributed by atoms with Crippen molar-refractivity contribution in [2.75, 3.05) is 16.8 Å². The molecule has 0 unspecified atom stereocenters. The summed E-state index contributed by atoms with van der Waals surface area (Å²) in [6.07, 6.45) is 0.874. The van der Waals surface area contributed by atoms with Crippen LogP contribution in [0.2, 0.25) is 0 Å². The maximum absolute atomic E-state index is 12.9. The van der Waals surface area contributed by atoms with Gasteiger partial charge in [0.05, 0.1) is 0 Å². The first-order valence-corrected chi connectivity index (χ1v) is 9.00. The van der Waals surface area contributed by atoms with Gasteiger partial charge >= 0.3 is 0 Å². The molecule has 0 bridgehead atoms. The van der Waals surface area contributed by atoms with E-state index in [1.807, 2.05) is 49.4 Å². The van der Waals surface area contributed by atoms with E-state index in [1.54, 1.807) is 29.2 Å². The Morgan fingerprint density at radius 3 is 2.30 bits per heavy atom. The number of carbonyl (C=O) groups excluding carboxylic acids is 2. The summed E-state index contributed by atoms with van der Waals surface area (Å²) in [4.78, 5) is 27.1. The molecule has 2 amide bonds. The Kier molecular flexibility index (Phi) is 4.47. The first kappa shape index (κ1) is 17.0. The monoisotopic (exact) mass is 356 g/mol. The van der Waals surface area contributed by atoms with Gasteiger partial charge in [-0.2, -0.15) is 0 Å². The second kappa shape index (κ2) is 7.08. The van der Waals surface area contributed by atoms with Gasteiger partial charge in [0.15, 0.2) is 0 Å². The normalized spacial score (nSPS) is 12.6. The fourth-order valence-corrected chi connectivity index (χ4v) is 3.38. The largest absolute Gasteiger partial charge is 0.322 e. The molecule has 134 valence electrons. The predicted molar refractivity (Wildman–Crippen MR) is 107 cm³/mol. The van der Waals surface area contributed by atoms with Gasteiger partial charge in [-0.1, -0.05) is 36.4 Å². The Hall–Kier alpha value is -3.40. The lowest BCUT2D eigenvalue weighted by Gasteiger charge is -2.17. The van der Waals surface area contributed by atoms with E-state index in [-0.39, 0.29) is 11.8 Å². The van der Waals surface area contributed by atoms with E-state index in [1.165, 1.54) is 5.56 Å². The van der Waals surface area contributed by atoms with E-state index in [0.29, 0.717) is 17.7 Å². The molecule has 0 aliphatic carbocycles. The van der Waals surface area contributed by atoms with Crippen molar-refractivity contribution >= 4 is 23.2 Å². The molecule has 4 nitrogen and oxygen atoms in total. The fraction of sp³-hybridized carbons (Fsp3) is 0.130. The Bertz CT molecular complexity index is 1010. The average molecular weight is 356 g/mol. The molecule has 0 radical (unpaired) electrons. The number of rotatable bonds is 3. The summed E-state index contributed by atoms with van der Waals surface area (Å²) in [6.45, 7) is 2.64. The van der Waals surface area contributed by atoms with Crippen molar-refractivity contribution in [1.29, 1.82) is 0 Å². The van der Waals surface area contributed by atoms with Gasteiger partial charge < -0.3 is 10.2 Å². The number of fused-ring (bicyclic) bond motifs is 1. The van der Waals surface area contributed by atoms with E-state index < -0.39 is 0 Å². The fourth-order valence-electron chi connectivity index (χ4n) is 3.38. The molecule has 4 heteroatoms. The van der Waals surface area contributed by atoms with E-state index >= 15 is 0 Å². The maximum atomic E-state index is 12.9. The lowest BCUT2D eigenvalue weighted by atomic mass is 10.1. The first-order chi connectivity index (χ1) is 13.1. The van der Waals surface area contributed by atoms with Crippen molar-refractivity contribution in [1.82, 2.24) is 0 Å². The summed E-state index contributed by atoms with van der Waals surface area (Å²) in [7, 11) is 0. The molecular formula is C23H20N2O2. The maximum Gasteiger partial charge on any atom is 0.258 e. The molecule has 4 rings (SSSR count). The first-order valence-electron chi connectivity index (χ1n) is 9.00. The van der Waals surface area contributed by atoms with Crippen LogP contribution in [-0.2, 0) is 6.42 Å². The van der Waals surface area contributed by atoms with Crippen LogP contribution >= 0.6 is 0 Å². The van der Waals surface area contributed by atoms with Crippen molar-refractivity contribution in [3.63, 3.8) is 0 Å². The molecule has 3 aromatic carbocycles. The van der Waals surface area contributed by atoms with Crippen molar-refractivity contribution in [2.24, 2.45) is 0 Å². The second-order valence-corrected chi connectivity index (χ2v) is 6.68. The van der Waals surface area contributed by atoms with Crippen LogP contribution < -0.4 is 10.2 Å². The Morgan fingerprint density at radius 2 is 1.52 bits per heavy atom. The summed E-state index contributed by atoms with van der Waals surface area (Å²) in [6, 6.07) is 22.4. The zero-order valence-electron chi connectivity index (χ0n) is 15.1. The number of hydrogen-bond donors (Lipinski definition) is 1. The molecule has 0 saturated heterocycles. The number of amides is 2. The number of aryl methyl sites for hydroxylation is 1. The number of hydrogen-bond acceptors (Lipinski definition) is 2. The van der Waals surface area contributed by atoms with E-state index in [9.17, 15) is 9.59 Å². The highest BCUT2D eigenvalue weighted by molar-refractivity contribution is 6.09. The van der Waals surface area contributed by atoms with Crippen LogP contribution in [0, 0.1) is 6.92 Å². The molecule has 0 atom stereocenters. The van der Waals surface area contributed by atoms with Gasteiger partial charge in [-0.3, -0.25) is 9.59 Å². The molecule has 1 aliphatic heterocycles. The number of para-hydroxylation sites is 2. The number of carbonyl (C=O) groups is 2. The summed E-state index contributed by atoms with van der Waals surface area (Å²) in [5.74, 6) is -0.222. The molecule has 27 heavy (non-hydrogen) atoms. The standard InChI is InChI=1S/C23H20N2O2/c1-16-6-2-4-8-20(16)24-22(26)18-10-12-19(13-11-18)23(27)25-15-14-17-7-3-5-9-21(17)25/h2-13H,14-15H2,1H3,(H,24,26). The van der Waals surface area contributed by atoms with Crippen molar-refractivity contribution < 1.29 is 9.59 Å². The van der Waals surface area contributed by atoms with Crippen LogP contribution in [0.1, 0.15) is 31.8 Å². The van der Waals surface area contributed by atoms with Gasteiger partial charge in [-0.15, -0.1) is 0 Å². The minimum absolute atomic E-state index is 0.0363. The molecule has 3 aromatic rings. The quantitative estimate of drug-likeness (QED) is 0.754. The summed E-state index contributed by atoms with van der Waals surface area (Å²) in [5, 5.41) is 2.91. The molecule has 1 aliphatic rings. The third kappa shape index (κ3) is 3.34. The smallest absolute Gasteiger partial charge is 0.258 e. The lowest BCUT2D eigenvalue weighted by molar-refractivity contribution is 0.0986. The van der Waals surface area contributed by atoms with Crippen LogP contribution in [0.5, 0.6) is 0 Å². The van der Waals surface area contributed by atoms with Crippen LogP contribution in [-0.4, -0.2) is 18.4 Å². The highest BCUT2D eigenvalue weighted by atomic mass is 16.2. The third-order valence-electron chi connectivity index (χ3n) is 4.92. The highest BCUT2D eigenvalue weighted by Crippen LogP contribution is 2.28. The van der Waals surface area contributed by atoms with Crippen LogP contribution in [0.4, 0.5) is 11.4 Å². The van der Waals surface area contributed by atoms with Crippen molar-refractivity contribution in [3.8, 4) is 0 Å². The average Bonchev–Trinajstić information content (AvgIpc) is 3.13. The zero-order chi connectivity index (χ0) is 18.8. The van der Waals surface area contributed by atoms with Crippen LogP contribution in [0.15, 0.2) is 72.8 Å². The molecule has 0 saturated carbocycles. The van der Waals surface area contributed by atoms with Gasteiger partial charge in [-0.25, -0.2) is 0 Å².